The molecule has 0 bridgehead atoms. The fourth-order valence-corrected chi connectivity index (χ4v) is 4.77. The number of benzene rings is 2. The van der Waals surface area contributed by atoms with Crippen LogP contribution < -0.4 is 5.32 Å². The summed E-state index contributed by atoms with van der Waals surface area (Å²) in [7, 11) is 0. The summed E-state index contributed by atoms with van der Waals surface area (Å²) in [6, 6.07) is 15.3. The van der Waals surface area contributed by atoms with Crippen LogP contribution in [0.15, 0.2) is 61.2 Å². The quantitative estimate of drug-likeness (QED) is 0.629. The number of nitrogens with one attached hydrogen (secondary N) is 1. The lowest BCUT2D eigenvalue weighted by molar-refractivity contribution is -0.146. The molecule has 0 aromatic heterocycles. The van der Waals surface area contributed by atoms with Gasteiger partial charge in [0.2, 0.25) is 5.91 Å². The van der Waals surface area contributed by atoms with E-state index in [4.69, 9.17) is 4.74 Å². The van der Waals surface area contributed by atoms with Gasteiger partial charge in [-0.2, -0.15) is 0 Å². The Hall–Kier alpha value is -3.61. The molecule has 172 valence electrons. The number of fused-ring (bicyclic) bond motifs is 3. The number of rotatable bonds is 7. The molecule has 0 radical (unpaired) electrons. The third kappa shape index (κ3) is 4.77. The summed E-state index contributed by atoms with van der Waals surface area (Å²) in [4.78, 5) is 38.5. The zero-order chi connectivity index (χ0) is 23.4. The van der Waals surface area contributed by atoms with Crippen molar-refractivity contribution < 1.29 is 24.2 Å². The van der Waals surface area contributed by atoms with E-state index in [0.29, 0.717) is 19.4 Å². The van der Waals surface area contributed by atoms with E-state index in [1.165, 1.54) is 4.90 Å². The molecule has 2 N–H and O–H groups in total. The molecule has 2 aromatic carbocycles. The van der Waals surface area contributed by atoms with Crippen molar-refractivity contribution in [2.24, 2.45) is 5.92 Å². The maximum Gasteiger partial charge on any atom is 0.407 e. The highest BCUT2D eigenvalue weighted by molar-refractivity contribution is 5.86. The van der Waals surface area contributed by atoms with E-state index in [1.54, 1.807) is 6.08 Å². The van der Waals surface area contributed by atoms with Crippen molar-refractivity contribution >= 4 is 18.0 Å². The number of carboxylic acids is 1. The number of amides is 2. The van der Waals surface area contributed by atoms with Crippen molar-refractivity contribution in [2.45, 2.75) is 31.2 Å². The summed E-state index contributed by atoms with van der Waals surface area (Å²) in [6.45, 7) is 4.45. The lowest BCUT2D eigenvalue weighted by Crippen LogP contribution is -2.52. The van der Waals surface area contributed by atoms with Crippen LogP contribution in [-0.4, -0.2) is 53.7 Å². The molecular formula is C26H28N2O5. The predicted octanol–water partition coefficient (Wildman–Crippen LogP) is 3.79. The van der Waals surface area contributed by atoms with Gasteiger partial charge in [-0.1, -0.05) is 54.6 Å². The zero-order valence-electron chi connectivity index (χ0n) is 18.4. The molecule has 1 aliphatic heterocycles. The van der Waals surface area contributed by atoms with Crippen LogP contribution in [0.2, 0.25) is 0 Å². The molecule has 0 spiro atoms. The molecule has 1 unspecified atom stereocenters. The summed E-state index contributed by atoms with van der Waals surface area (Å²) < 4.78 is 5.56. The topological polar surface area (TPSA) is 95.9 Å². The van der Waals surface area contributed by atoms with Crippen LogP contribution in [0.3, 0.4) is 0 Å². The summed E-state index contributed by atoms with van der Waals surface area (Å²) >= 11 is 0. The van der Waals surface area contributed by atoms with Crippen LogP contribution in [0.5, 0.6) is 0 Å². The highest BCUT2D eigenvalue weighted by atomic mass is 16.5. The number of carboxylic acid groups (broad SMARTS) is 1. The van der Waals surface area contributed by atoms with E-state index in [9.17, 15) is 19.5 Å². The monoisotopic (exact) mass is 448 g/mol. The summed E-state index contributed by atoms with van der Waals surface area (Å²) in [5, 5.41) is 12.0. The third-order valence-corrected chi connectivity index (χ3v) is 6.42. The second-order valence-electron chi connectivity index (χ2n) is 8.51. The fourth-order valence-electron chi connectivity index (χ4n) is 4.77. The maximum absolute atomic E-state index is 13.0. The van der Waals surface area contributed by atoms with Gasteiger partial charge in [-0.3, -0.25) is 9.59 Å². The number of hydrogen-bond donors (Lipinski definition) is 2. The molecule has 2 amide bonds. The van der Waals surface area contributed by atoms with E-state index in [1.807, 2.05) is 36.4 Å². The van der Waals surface area contributed by atoms with Crippen molar-refractivity contribution in [1.29, 1.82) is 0 Å². The normalized spacial score (nSPS) is 18.1. The molecular weight excluding hydrogens is 420 g/mol. The van der Waals surface area contributed by atoms with E-state index in [2.05, 4.69) is 24.0 Å². The number of piperidine rings is 1. The van der Waals surface area contributed by atoms with Gasteiger partial charge in [0.05, 0.1) is 5.92 Å². The first kappa shape index (κ1) is 22.6. The minimum Gasteiger partial charge on any atom is -0.481 e. The van der Waals surface area contributed by atoms with E-state index in [0.717, 1.165) is 22.3 Å². The Balaban J connectivity index is 1.40. The molecule has 4 rings (SSSR count). The number of alkyl carbamates (subject to hydrolysis) is 1. The van der Waals surface area contributed by atoms with Crippen LogP contribution in [0.4, 0.5) is 4.79 Å². The van der Waals surface area contributed by atoms with Gasteiger partial charge in [0, 0.05) is 19.0 Å². The number of nitrogens with zero attached hydrogens (tertiary/aromatic N) is 1. The molecule has 7 heteroatoms. The Morgan fingerprint density at radius 3 is 2.36 bits per heavy atom. The van der Waals surface area contributed by atoms with E-state index >= 15 is 0 Å². The second kappa shape index (κ2) is 9.90. The van der Waals surface area contributed by atoms with Gasteiger partial charge < -0.3 is 20.1 Å². The molecule has 1 heterocycles. The van der Waals surface area contributed by atoms with Crippen LogP contribution in [0.25, 0.3) is 11.1 Å². The van der Waals surface area contributed by atoms with Gasteiger partial charge in [0.1, 0.15) is 12.6 Å². The Kier molecular flexibility index (Phi) is 6.77. The van der Waals surface area contributed by atoms with Gasteiger partial charge in [0.25, 0.3) is 0 Å². The first-order valence-corrected chi connectivity index (χ1v) is 11.2. The lowest BCUT2D eigenvalue weighted by Gasteiger charge is -2.33. The smallest absolute Gasteiger partial charge is 0.407 e. The van der Waals surface area contributed by atoms with Crippen LogP contribution in [0, 0.1) is 5.92 Å². The number of carbonyl (C=O) groups excluding carboxylic acids is 2. The predicted molar refractivity (Wildman–Crippen MR) is 124 cm³/mol. The Morgan fingerprint density at radius 1 is 1.12 bits per heavy atom. The first-order valence-electron chi connectivity index (χ1n) is 11.2. The molecule has 7 nitrogen and oxygen atoms in total. The lowest BCUT2D eigenvalue weighted by atomic mass is 9.97. The van der Waals surface area contributed by atoms with Gasteiger partial charge in [-0.25, -0.2) is 4.79 Å². The summed E-state index contributed by atoms with van der Waals surface area (Å²) in [5.74, 6) is -1.87. The minimum absolute atomic E-state index is 0.0740. The average Bonchev–Trinajstić information content (AvgIpc) is 3.16. The molecule has 2 atom stereocenters. The molecule has 1 aliphatic carbocycles. The Morgan fingerprint density at radius 2 is 1.76 bits per heavy atom. The third-order valence-electron chi connectivity index (χ3n) is 6.42. The fraction of sp³-hybridized carbons (Fsp3) is 0.346. The van der Waals surface area contributed by atoms with Gasteiger partial charge in [-0.05, 0) is 41.5 Å². The van der Waals surface area contributed by atoms with E-state index < -0.39 is 24.0 Å². The molecule has 2 aromatic rings. The number of carbonyl (C=O) groups is 3. The van der Waals surface area contributed by atoms with Gasteiger partial charge in [0.15, 0.2) is 0 Å². The number of ether oxygens (including phenoxy) is 1. The maximum atomic E-state index is 13.0. The molecule has 1 saturated heterocycles. The Labute approximate surface area is 193 Å². The van der Waals surface area contributed by atoms with Gasteiger partial charge in [-0.15, -0.1) is 6.58 Å². The van der Waals surface area contributed by atoms with Crippen LogP contribution in [0.1, 0.15) is 36.3 Å². The second-order valence-corrected chi connectivity index (χ2v) is 8.51. The number of likely N-dealkylation sites (tertiary alicyclic amines) is 1. The Bertz CT molecular complexity index is 1020. The SMILES string of the molecule is C=CCC(NC(=O)OCC1c2ccccc2-c2ccccc21)C(=O)N1CCC[C@H](C(=O)O)C1. The van der Waals surface area contributed by atoms with E-state index in [-0.39, 0.29) is 31.4 Å². The number of aliphatic carboxylic acids is 1. The standard InChI is InChI=1S/C26H28N2O5/c1-2-8-23(24(29)28-14-7-9-17(15-28)25(30)31)27-26(32)33-16-22-20-12-5-3-10-18(20)19-11-4-6-13-21(19)22/h2-6,10-13,17,22-23H,1,7-9,14-16H2,(H,27,32)(H,30,31)/t17-,23?/m0/s1. The summed E-state index contributed by atoms with van der Waals surface area (Å²) in [6.07, 6.45) is 2.28. The zero-order valence-corrected chi connectivity index (χ0v) is 18.4. The molecule has 2 aliphatic rings. The van der Waals surface area contributed by atoms with Crippen molar-refractivity contribution in [2.75, 3.05) is 19.7 Å². The van der Waals surface area contributed by atoms with Crippen molar-refractivity contribution in [3.05, 3.63) is 72.3 Å². The molecule has 0 saturated carbocycles. The highest BCUT2D eigenvalue weighted by Gasteiger charge is 2.33. The van der Waals surface area contributed by atoms with Crippen LogP contribution >= 0.6 is 0 Å². The average molecular weight is 449 g/mol. The summed E-state index contributed by atoms with van der Waals surface area (Å²) in [5.41, 5.74) is 4.50. The number of hydrogen-bond acceptors (Lipinski definition) is 4. The molecule has 1 fully saturated rings. The largest absolute Gasteiger partial charge is 0.481 e. The van der Waals surface area contributed by atoms with Crippen LogP contribution in [-0.2, 0) is 14.3 Å². The molecule has 33 heavy (non-hydrogen) atoms. The highest BCUT2D eigenvalue weighted by Crippen LogP contribution is 2.44. The van der Waals surface area contributed by atoms with Crippen molar-refractivity contribution in [3.63, 3.8) is 0 Å². The van der Waals surface area contributed by atoms with Crippen molar-refractivity contribution in [1.82, 2.24) is 10.2 Å². The van der Waals surface area contributed by atoms with Gasteiger partial charge >= 0.3 is 12.1 Å². The first-order chi connectivity index (χ1) is 16.0. The minimum atomic E-state index is -0.905. The van der Waals surface area contributed by atoms with Crippen molar-refractivity contribution in [3.8, 4) is 11.1 Å².